The zero-order chi connectivity index (χ0) is 36.6. The number of urea groups is 1. The fourth-order valence-electron chi connectivity index (χ4n) is 6.65. The van der Waals surface area contributed by atoms with Crippen LogP contribution in [0.3, 0.4) is 0 Å². The van der Waals surface area contributed by atoms with Gasteiger partial charge in [0.1, 0.15) is 28.5 Å². The van der Waals surface area contributed by atoms with Gasteiger partial charge in [-0.05, 0) is 77.0 Å². The molecule has 13 nitrogen and oxygen atoms in total. The number of amides is 3. The average Bonchev–Trinajstić information content (AvgIpc) is 3.83. The molecule has 1 aromatic heterocycles. The van der Waals surface area contributed by atoms with E-state index in [1.165, 1.54) is 35.2 Å². The average molecular weight is 735 g/mol. The van der Waals surface area contributed by atoms with Crippen LogP contribution in [0.5, 0.6) is 11.5 Å². The highest BCUT2D eigenvalue weighted by Crippen LogP contribution is 2.41. The van der Waals surface area contributed by atoms with Crippen LogP contribution in [0, 0.1) is 0 Å². The van der Waals surface area contributed by atoms with Crippen LogP contribution in [0.15, 0.2) is 51.9 Å². The van der Waals surface area contributed by atoms with E-state index in [9.17, 15) is 31.2 Å². The first kappa shape index (κ1) is 36.7. The second-order valence-electron chi connectivity index (χ2n) is 13.5. The fourth-order valence-corrected chi connectivity index (χ4v) is 8.38. The van der Waals surface area contributed by atoms with Crippen LogP contribution < -0.4 is 4.74 Å². The number of ether oxygens (including phenoxy) is 2. The van der Waals surface area contributed by atoms with Crippen molar-refractivity contribution in [2.45, 2.75) is 62.8 Å². The third kappa shape index (κ3) is 7.90. The van der Waals surface area contributed by atoms with E-state index >= 15 is 0 Å². The number of nitrogens with zero attached hydrogens (tertiary/aromatic N) is 6. The molecule has 3 fully saturated rings. The highest BCUT2D eigenvalue weighted by molar-refractivity contribution is 7.91. The molecule has 276 valence electrons. The van der Waals surface area contributed by atoms with Crippen molar-refractivity contribution in [1.82, 2.24) is 29.7 Å². The molecule has 0 bridgehead atoms. The quantitative estimate of drug-likeness (QED) is 0.240. The Morgan fingerprint density at radius 2 is 1.69 bits per heavy atom. The number of carbonyl (C=O) groups is 2. The molecule has 3 amide bonds. The predicted molar refractivity (Wildman–Crippen MR) is 178 cm³/mol. The van der Waals surface area contributed by atoms with Crippen molar-refractivity contribution in [2.24, 2.45) is 0 Å². The summed E-state index contributed by atoms with van der Waals surface area (Å²) in [6, 6.07) is 7.94. The number of likely N-dealkylation sites (tertiary alicyclic amines) is 1. The van der Waals surface area contributed by atoms with Crippen LogP contribution in [-0.4, -0.2) is 120 Å². The topological polar surface area (TPSA) is 139 Å². The molecule has 6 rings (SSSR count). The van der Waals surface area contributed by atoms with Crippen molar-refractivity contribution in [1.29, 1.82) is 0 Å². The van der Waals surface area contributed by atoms with E-state index in [4.69, 9.17) is 14.0 Å². The number of sulfone groups is 1. The summed E-state index contributed by atoms with van der Waals surface area (Å²) in [5.41, 5.74) is -2.39. The first-order valence-corrected chi connectivity index (χ1v) is 18.5. The number of carbonyl (C=O) groups excluding carboxylic acids is 2. The van der Waals surface area contributed by atoms with Gasteiger partial charge in [-0.1, -0.05) is 17.3 Å². The number of morpholine rings is 1. The number of benzene rings is 2. The molecule has 51 heavy (non-hydrogen) atoms. The highest BCUT2D eigenvalue weighted by Gasteiger charge is 2.51. The second kappa shape index (κ2) is 14.5. The van der Waals surface area contributed by atoms with Crippen LogP contribution in [-0.2, 0) is 32.1 Å². The molecule has 17 heteroatoms. The van der Waals surface area contributed by atoms with Gasteiger partial charge in [-0.2, -0.15) is 18.2 Å². The van der Waals surface area contributed by atoms with Crippen molar-refractivity contribution in [3.8, 4) is 22.9 Å². The lowest BCUT2D eigenvalue weighted by Gasteiger charge is -2.32. The molecule has 2 aromatic carbocycles. The van der Waals surface area contributed by atoms with Crippen LogP contribution in [0.4, 0.5) is 18.0 Å². The SMILES string of the molecule is CC(CS(=O)(=O)c1ccccc1Oc1ccc(-c2noc(CN3C(=O)N(CCN4CCOCC4)C(C)(C)C3=O)n2)cc1C(F)(F)F)N1CCCC1. The molecule has 4 heterocycles. The maximum absolute atomic E-state index is 14.4. The summed E-state index contributed by atoms with van der Waals surface area (Å²) in [6.07, 6.45) is -2.94. The molecule has 3 saturated heterocycles. The van der Waals surface area contributed by atoms with E-state index in [0.717, 1.165) is 56.1 Å². The summed E-state index contributed by atoms with van der Waals surface area (Å²) in [7, 11) is -3.92. The Hall–Kier alpha value is -4.06. The van der Waals surface area contributed by atoms with Crippen molar-refractivity contribution in [3.63, 3.8) is 0 Å². The lowest BCUT2D eigenvalue weighted by molar-refractivity contribution is -0.138. The van der Waals surface area contributed by atoms with Gasteiger partial charge in [0, 0.05) is 37.8 Å². The summed E-state index contributed by atoms with van der Waals surface area (Å²) in [6.45, 7) is 9.85. The molecule has 0 aliphatic carbocycles. The van der Waals surface area contributed by atoms with Gasteiger partial charge in [0.05, 0.1) is 24.5 Å². The molecule has 0 spiro atoms. The number of alkyl halides is 3. The third-order valence-corrected chi connectivity index (χ3v) is 11.5. The zero-order valence-electron chi connectivity index (χ0n) is 28.7. The molecule has 1 unspecified atom stereocenters. The fraction of sp³-hybridized carbons (Fsp3) is 0.529. The van der Waals surface area contributed by atoms with Crippen LogP contribution in [0.25, 0.3) is 11.4 Å². The molecule has 1 atom stereocenters. The lowest BCUT2D eigenvalue weighted by atomic mass is 10.0. The van der Waals surface area contributed by atoms with Gasteiger partial charge >= 0.3 is 12.2 Å². The minimum Gasteiger partial charge on any atom is -0.455 e. The number of aromatic nitrogens is 2. The molecule has 3 aliphatic rings. The van der Waals surface area contributed by atoms with Crippen LogP contribution in [0.2, 0.25) is 0 Å². The van der Waals surface area contributed by atoms with Crippen molar-refractivity contribution >= 4 is 21.8 Å². The number of rotatable bonds is 12. The molecular formula is C34H41F3N6O7S. The summed E-state index contributed by atoms with van der Waals surface area (Å²) in [5, 5.41) is 3.82. The first-order valence-electron chi connectivity index (χ1n) is 16.9. The van der Waals surface area contributed by atoms with Crippen molar-refractivity contribution < 1.29 is 45.2 Å². The van der Waals surface area contributed by atoms with E-state index < -0.39 is 44.8 Å². The minimum atomic E-state index is -4.90. The van der Waals surface area contributed by atoms with Gasteiger partial charge in [-0.15, -0.1) is 0 Å². The Morgan fingerprint density at radius 3 is 2.39 bits per heavy atom. The molecule has 0 saturated carbocycles. The summed E-state index contributed by atoms with van der Waals surface area (Å²) < 4.78 is 86.5. The third-order valence-electron chi connectivity index (χ3n) is 9.58. The van der Waals surface area contributed by atoms with Gasteiger partial charge in [-0.3, -0.25) is 19.5 Å². The van der Waals surface area contributed by atoms with Gasteiger partial charge in [0.2, 0.25) is 11.7 Å². The summed E-state index contributed by atoms with van der Waals surface area (Å²) in [5.74, 6) is -1.87. The van der Waals surface area contributed by atoms with E-state index in [2.05, 4.69) is 19.9 Å². The molecular weight excluding hydrogens is 693 g/mol. The maximum atomic E-state index is 14.4. The number of hydrogen-bond acceptors (Lipinski definition) is 11. The number of para-hydroxylation sites is 1. The Kier molecular flexibility index (Phi) is 10.5. The van der Waals surface area contributed by atoms with Crippen LogP contribution >= 0.6 is 0 Å². The highest BCUT2D eigenvalue weighted by atomic mass is 32.2. The lowest BCUT2D eigenvalue weighted by Crippen LogP contribution is -2.48. The van der Waals surface area contributed by atoms with E-state index in [1.54, 1.807) is 13.8 Å². The molecule has 3 aliphatic heterocycles. The summed E-state index contributed by atoms with van der Waals surface area (Å²) >= 11 is 0. The number of hydrogen-bond donors (Lipinski definition) is 0. The monoisotopic (exact) mass is 734 g/mol. The maximum Gasteiger partial charge on any atom is 0.420 e. The Bertz CT molecular complexity index is 1860. The van der Waals surface area contributed by atoms with Gasteiger partial charge in [0.25, 0.3) is 5.91 Å². The molecule has 3 aromatic rings. The van der Waals surface area contributed by atoms with E-state index in [1.807, 2.05) is 6.92 Å². The minimum absolute atomic E-state index is 0.0726. The smallest absolute Gasteiger partial charge is 0.420 e. The van der Waals surface area contributed by atoms with Gasteiger partial charge in [0.15, 0.2) is 9.84 Å². The predicted octanol–water partition coefficient (Wildman–Crippen LogP) is 4.68. The van der Waals surface area contributed by atoms with Gasteiger partial charge < -0.3 is 18.9 Å². The summed E-state index contributed by atoms with van der Waals surface area (Å²) in [4.78, 5) is 37.3. The van der Waals surface area contributed by atoms with E-state index in [-0.39, 0.29) is 46.3 Å². The largest absolute Gasteiger partial charge is 0.455 e. The second-order valence-corrected chi connectivity index (χ2v) is 15.5. The first-order chi connectivity index (χ1) is 24.1. The number of halogens is 3. The van der Waals surface area contributed by atoms with Crippen molar-refractivity contribution in [3.05, 3.63) is 53.9 Å². The van der Waals surface area contributed by atoms with E-state index in [0.29, 0.717) is 26.3 Å². The van der Waals surface area contributed by atoms with Crippen molar-refractivity contribution in [2.75, 3.05) is 58.2 Å². The normalized spacial score (nSPS) is 19.6. The Balaban J connectivity index is 1.19. The Labute approximate surface area is 294 Å². The van der Waals surface area contributed by atoms with Crippen LogP contribution in [0.1, 0.15) is 45.1 Å². The molecule has 0 radical (unpaired) electrons. The molecule has 0 N–H and O–H groups in total. The standard InChI is InChI=1S/C34H41F3N6O7S/c1-23(41-12-6-7-13-41)22-51(46,47)28-9-5-4-8-27(28)49-26-11-10-24(20-25(26)34(35,36)37)30-38-29(50-39-30)21-42-31(44)33(2,3)43(32(42)45)15-14-40-16-18-48-19-17-40/h4-5,8-11,20,23H,6-7,12-19,21-22H2,1-3H3. The Morgan fingerprint density at radius 1 is 0.980 bits per heavy atom. The van der Waals surface area contributed by atoms with Gasteiger partial charge in [-0.25, -0.2) is 13.2 Å². The number of imide groups is 1. The zero-order valence-corrected chi connectivity index (χ0v) is 29.5.